The normalized spacial score (nSPS) is 17.9. The minimum absolute atomic E-state index is 0.0152. The van der Waals surface area contributed by atoms with Crippen LogP contribution in [0.1, 0.15) is 84.0 Å². The predicted molar refractivity (Wildman–Crippen MR) is 152 cm³/mol. The number of guanidine groups is 1. The maximum Gasteiger partial charge on any atom is 0.303 e. The molecule has 0 radical (unpaired) electrons. The van der Waals surface area contributed by atoms with E-state index in [4.69, 9.17) is 20.6 Å². The molecule has 0 saturated heterocycles. The Labute approximate surface area is 237 Å². The van der Waals surface area contributed by atoms with E-state index in [1.165, 1.54) is 24.2 Å². The second kappa shape index (κ2) is 15.2. The first kappa shape index (κ1) is 31.6. The number of carboxylic acids is 1. The molecule has 1 unspecified atom stereocenters. The van der Waals surface area contributed by atoms with Crippen LogP contribution >= 0.6 is 0 Å². The number of rotatable bonds is 16. The Morgan fingerprint density at radius 2 is 2.08 bits per heavy atom. The molecular weight excluding hydrogens is 514 g/mol. The lowest BCUT2D eigenvalue weighted by Crippen LogP contribution is -2.42. The molecule has 0 saturated carbocycles. The van der Waals surface area contributed by atoms with Crippen molar-refractivity contribution >= 4 is 11.9 Å². The van der Waals surface area contributed by atoms with Gasteiger partial charge in [0.2, 0.25) is 0 Å². The Morgan fingerprint density at radius 3 is 2.80 bits per heavy atom. The SMILES string of the molecule is CC(C)CCOC(C)(C)C1CCCCCC2=C1NNN2CCn1nnc(COCCNC(=N)N)c1CCC(=O)O. The Hall–Kier alpha value is -2.90. The van der Waals surface area contributed by atoms with Crippen molar-refractivity contribution in [2.75, 3.05) is 26.3 Å². The highest BCUT2D eigenvalue weighted by molar-refractivity contribution is 5.74. The number of carbonyl (C=O) groups is 1. The van der Waals surface area contributed by atoms with Gasteiger partial charge in [-0.05, 0) is 45.4 Å². The molecule has 40 heavy (non-hydrogen) atoms. The second-order valence-corrected chi connectivity index (χ2v) is 11.5. The number of nitrogens with one attached hydrogen (secondary N) is 4. The first-order valence-corrected chi connectivity index (χ1v) is 14.5. The summed E-state index contributed by atoms with van der Waals surface area (Å²) in [6.45, 7) is 11.7. The van der Waals surface area contributed by atoms with Crippen LogP contribution < -0.4 is 22.0 Å². The summed E-state index contributed by atoms with van der Waals surface area (Å²) in [7, 11) is 0. The zero-order valence-corrected chi connectivity index (χ0v) is 24.6. The number of aromatic nitrogens is 3. The Kier molecular flexibility index (Phi) is 12.0. The van der Waals surface area contributed by atoms with Crippen LogP contribution in [0.4, 0.5) is 0 Å². The van der Waals surface area contributed by atoms with Gasteiger partial charge in [-0.3, -0.25) is 15.2 Å². The van der Waals surface area contributed by atoms with Crippen LogP contribution in [0.15, 0.2) is 11.4 Å². The number of nitrogens with zero attached hydrogens (tertiary/aromatic N) is 4. The third kappa shape index (κ3) is 9.34. The fourth-order valence-electron chi connectivity index (χ4n) is 5.26. The molecule has 3 rings (SSSR count). The number of nitrogens with two attached hydrogens (primary N) is 1. The summed E-state index contributed by atoms with van der Waals surface area (Å²) in [6, 6.07) is 0. The summed E-state index contributed by atoms with van der Waals surface area (Å²) in [4.78, 5) is 11.3. The van der Waals surface area contributed by atoms with E-state index in [1.54, 1.807) is 4.68 Å². The Morgan fingerprint density at radius 1 is 1.27 bits per heavy atom. The summed E-state index contributed by atoms with van der Waals surface area (Å²) >= 11 is 0. The van der Waals surface area contributed by atoms with E-state index in [-0.39, 0.29) is 30.5 Å². The summed E-state index contributed by atoms with van der Waals surface area (Å²) in [5.41, 5.74) is 15.7. The first-order chi connectivity index (χ1) is 19.1. The van der Waals surface area contributed by atoms with E-state index in [0.717, 1.165) is 38.0 Å². The van der Waals surface area contributed by atoms with Gasteiger partial charge in [0.25, 0.3) is 0 Å². The molecule has 0 amide bonds. The minimum atomic E-state index is -0.871. The highest BCUT2D eigenvalue weighted by Gasteiger charge is 2.38. The van der Waals surface area contributed by atoms with Crippen LogP contribution in [0.25, 0.3) is 0 Å². The summed E-state index contributed by atoms with van der Waals surface area (Å²) < 4.78 is 13.9. The topological polar surface area (TPSA) is 176 Å². The molecule has 1 atom stereocenters. The van der Waals surface area contributed by atoms with Gasteiger partial charge in [0, 0.05) is 25.5 Å². The van der Waals surface area contributed by atoms with Crippen molar-refractivity contribution in [2.24, 2.45) is 17.6 Å². The lowest BCUT2D eigenvalue weighted by molar-refractivity contribution is -0.137. The number of hydrazine groups is 2. The van der Waals surface area contributed by atoms with Crippen molar-refractivity contribution in [3.05, 3.63) is 22.8 Å². The minimum Gasteiger partial charge on any atom is -0.481 e. The number of hydrogen-bond donors (Lipinski definition) is 6. The predicted octanol–water partition coefficient (Wildman–Crippen LogP) is 2.25. The summed E-state index contributed by atoms with van der Waals surface area (Å²) in [5.74, 6) is -0.119. The van der Waals surface area contributed by atoms with Gasteiger partial charge < -0.3 is 31.1 Å². The number of allylic oxidation sites excluding steroid dienone is 1. The van der Waals surface area contributed by atoms with Crippen molar-refractivity contribution in [3.63, 3.8) is 0 Å². The van der Waals surface area contributed by atoms with Gasteiger partial charge in [-0.15, -0.1) is 10.6 Å². The van der Waals surface area contributed by atoms with Crippen LogP contribution in [0, 0.1) is 17.2 Å². The van der Waals surface area contributed by atoms with Crippen molar-refractivity contribution in [3.8, 4) is 0 Å². The fraction of sp³-hybridized carbons (Fsp3) is 0.778. The largest absolute Gasteiger partial charge is 0.481 e. The molecule has 0 aromatic carbocycles. The van der Waals surface area contributed by atoms with E-state index in [0.29, 0.717) is 44.3 Å². The zero-order chi connectivity index (χ0) is 29.1. The van der Waals surface area contributed by atoms with Gasteiger partial charge in [-0.2, -0.15) is 0 Å². The van der Waals surface area contributed by atoms with Gasteiger partial charge in [0.15, 0.2) is 5.96 Å². The second-order valence-electron chi connectivity index (χ2n) is 11.5. The van der Waals surface area contributed by atoms with Gasteiger partial charge in [0.1, 0.15) is 5.69 Å². The lowest BCUT2D eigenvalue weighted by Gasteiger charge is -2.36. The van der Waals surface area contributed by atoms with Crippen LogP contribution in [-0.4, -0.2) is 68.9 Å². The van der Waals surface area contributed by atoms with Crippen LogP contribution in [0.3, 0.4) is 0 Å². The third-order valence-corrected chi connectivity index (χ3v) is 7.56. The lowest BCUT2D eigenvalue weighted by atomic mass is 9.81. The molecule has 0 fully saturated rings. The number of hydrogen-bond acceptors (Lipinski definition) is 9. The van der Waals surface area contributed by atoms with E-state index in [1.807, 2.05) is 0 Å². The maximum atomic E-state index is 11.3. The van der Waals surface area contributed by atoms with Gasteiger partial charge in [-0.1, -0.05) is 31.9 Å². The summed E-state index contributed by atoms with van der Waals surface area (Å²) in [5, 5.41) is 30.0. The maximum absolute atomic E-state index is 11.3. The monoisotopic (exact) mass is 563 g/mol. The molecule has 7 N–H and O–H groups in total. The average molecular weight is 564 g/mol. The molecule has 1 aromatic rings. The van der Waals surface area contributed by atoms with Crippen molar-refractivity contribution in [1.82, 2.24) is 36.3 Å². The molecule has 1 aliphatic carbocycles. The van der Waals surface area contributed by atoms with E-state index in [2.05, 4.69) is 59.3 Å². The van der Waals surface area contributed by atoms with Crippen molar-refractivity contribution in [2.45, 2.75) is 97.8 Å². The quantitative estimate of drug-likeness (QED) is 0.0988. The standard InChI is InChI=1S/C27H49N9O4/c1-19(2)12-16-40-27(3,4)20-8-6-5-7-9-23-25(20)32-34-36(23)15-14-35-22(10-11-24(37)38)21(31-33-35)18-39-17-13-30-26(28)29/h19-20,32,34H,5-18H2,1-4H3,(H,37,38)(H4,28,29,30). The molecule has 0 bridgehead atoms. The van der Waals surface area contributed by atoms with Crippen LogP contribution in [0.2, 0.25) is 0 Å². The average Bonchev–Trinajstić information content (AvgIpc) is 3.43. The van der Waals surface area contributed by atoms with Crippen LogP contribution in [-0.2, 0) is 33.8 Å². The molecule has 13 nitrogen and oxygen atoms in total. The Bertz CT molecular complexity index is 1010. The van der Waals surface area contributed by atoms with Gasteiger partial charge in [-0.25, -0.2) is 4.68 Å². The molecule has 2 aliphatic rings. The molecule has 0 spiro atoms. The molecular formula is C27H49N9O4. The number of ether oxygens (including phenoxy) is 2. The van der Waals surface area contributed by atoms with E-state index < -0.39 is 5.97 Å². The Balaban J connectivity index is 1.69. The molecule has 226 valence electrons. The zero-order valence-electron chi connectivity index (χ0n) is 24.6. The van der Waals surface area contributed by atoms with Gasteiger partial charge >= 0.3 is 5.97 Å². The first-order valence-electron chi connectivity index (χ1n) is 14.5. The van der Waals surface area contributed by atoms with Crippen LogP contribution in [0.5, 0.6) is 0 Å². The fourth-order valence-corrected chi connectivity index (χ4v) is 5.26. The number of carboxylic acid groups (broad SMARTS) is 1. The van der Waals surface area contributed by atoms with Crippen molar-refractivity contribution in [1.29, 1.82) is 5.41 Å². The molecule has 2 heterocycles. The smallest absolute Gasteiger partial charge is 0.303 e. The molecule has 1 aromatic heterocycles. The highest BCUT2D eigenvalue weighted by atomic mass is 16.5. The van der Waals surface area contributed by atoms with E-state index >= 15 is 0 Å². The number of aliphatic carboxylic acids is 1. The van der Waals surface area contributed by atoms with Crippen molar-refractivity contribution < 1.29 is 19.4 Å². The molecule has 13 heteroatoms. The summed E-state index contributed by atoms with van der Waals surface area (Å²) in [6.07, 6.45) is 6.90. The molecule has 1 aliphatic heterocycles. The third-order valence-electron chi connectivity index (χ3n) is 7.56. The van der Waals surface area contributed by atoms with E-state index in [9.17, 15) is 9.90 Å². The van der Waals surface area contributed by atoms with Gasteiger partial charge in [0.05, 0.1) is 55.4 Å². The highest BCUT2D eigenvalue weighted by Crippen LogP contribution is 2.38.